The van der Waals surface area contributed by atoms with E-state index < -0.39 is 33.7 Å². The summed E-state index contributed by atoms with van der Waals surface area (Å²) in [6.45, 7) is 6.25. The van der Waals surface area contributed by atoms with Crippen molar-refractivity contribution < 1.29 is 23.1 Å². The van der Waals surface area contributed by atoms with Crippen LogP contribution in [0, 0.1) is 5.92 Å². The molecule has 2 N–H and O–H groups in total. The van der Waals surface area contributed by atoms with Crippen LogP contribution >= 0.6 is 0 Å². The molecule has 0 bridgehead atoms. The minimum Gasteiger partial charge on any atom is -0.481 e. The van der Waals surface area contributed by atoms with Gasteiger partial charge in [0.05, 0.1) is 29.9 Å². The van der Waals surface area contributed by atoms with Crippen LogP contribution in [0.15, 0.2) is 24.3 Å². The SMILES string of the molecule is CC(C)(C)c1ccc(C(CC(=O)O)NC(=O)C2CCS(=O)(=O)C2)cc1. The molecule has 1 amide bonds. The summed E-state index contributed by atoms with van der Waals surface area (Å²) in [5, 5.41) is 11.9. The zero-order valence-electron chi connectivity index (χ0n) is 14.8. The summed E-state index contributed by atoms with van der Waals surface area (Å²) in [6, 6.07) is 6.81. The summed E-state index contributed by atoms with van der Waals surface area (Å²) in [4.78, 5) is 23.5. The Morgan fingerprint density at radius 1 is 1.24 bits per heavy atom. The normalized spacial score (nSPS) is 20.8. The van der Waals surface area contributed by atoms with E-state index in [2.05, 4.69) is 26.1 Å². The van der Waals surface area contributed by atoms with Crippen LogP contribution in [0.25, 0.3) is 0 Å². The van der Waals surface area contributed by atoms with E-state index in [0.717, 1.165) is 5.56 Å². The van der Waals surface area contributed by atoms with Crippen molar-refractivity contribution in [2.75, 3.05) is 11.5 Å². The highest BCUT2D eigenvalue weighted by Crippen LogP contribution is 2.26. The molecule has 6 nitrogen and oxygen atoms in total. The van der Waals surface area contributed by atoms with Gasteiger partial charge < -0.3 is 10.4 Å². The Hall–Kier alpha value is -1.89. The fourth-order valence-electron chi connectivity index (χ4n) is 2.93. The van der Waals surface area contributed by atoms with E-state index in [4.69, 9.17) is 5.11 Å². The second-order valence-electron chi connectivity index (χ2n) is 7.63. The van der Waals surface area contributed by atoms with E-state index in [-0.39, 0.29) is 29.8 Å². The van der Waals surface area contributed by atoms with E-state index in [0.29, 0.717) is 5.56 Å². The van der Waals surface area contributed by atoms with Gasteiger partial charge >= 0.3 is 5.97 Å². The monoisotopic (exact) mass is 367 g/mol. The zero-order chi connectivity index (χ0) is 18.8. The van der Waals surface area contributed by atoms with Gasteiger partial charge in [0.25, 0.3) is 0 Å². The average Bonchev–Trinajstić information content (AvgIpc) is 2.85. The van der Waals surface area contributed by atoms with E-state index in [9.17, 15) is 18.0 Å². The second-order valence-corrected chi connectivity index (χ2v) is 9.86. The predicted octanol–water partition coefficient (Wildman–Crippen LogP) is 2.05. The van der Waals surface area contributed by atoms with E-state index >= 15 is 0 Å². The summed E-state index contributed by atoms with van der Waals surface area (Å²) in [6.07, 6.45) is 0.0387. The van der Waals surface area contributed by atoms with E-state index in [1.54, 1.807) is 0 Å². The van der Waals surface area contributed by atoms with Gasteiger partial charge in [0.1, 0.15) is 0 Å². The van der Waals surface area contributed by atoms with Gasteiger partial charge in [-0.1, -0.05) is 45.0 Å². The molecule has 1 aliphatic rings. The van der Waals surface area contributed by atoms with Crippen molar-refractivity contribution in [1.29, 1.82) is 0 Å². The zero-order valence-corrected chi connectivity index (χ0v) is 15.6. The van der Waals surface area contributed by atoms with Crippen molar-refractivity contribution in [3.63, 3.8) is 0 Å². The first-order valence-electron chi connectivity index (χ1n) is 8.31. The van der Waals surface area contributed by atoms with E-state index in [1.165, 1.54) is 0 Å². The van der Waals surface area contributed by atoms with E-state index in [1.807, 2.05) is 24.3 Å². The Morgan fingerprint density at radius 2 is 1.84 bits per heavy atom. The molecule has 0 radical (unpaired) electrons. The highest BCUT2D eigenvalue weighted by atomic mass is 32.2. The van der Waals surface area contributed by atoms with Crippen molar-refractivity contribution in [3.8, 4) is 0 Å². The van der Waals surface area contributed by atoms with Crippen LogP contribution in [0.5, 0.6) is 0 Å². The molecule has 2 unspecified atom stereocenters. The molecular formula is C18H25NO5S. The maximum absolute atomic E-state index is 12.4. The van der Waals surface area contributed by atoms with Crippen molar-refractivity contribution in [3.05, 3.63) is 35.4 Å². The lowest BCUT2D eigenvalue weighted by Gasteiger charge is -2.22. The molecule has 2 rings (SSSR count). The molecule has 1 saturated heterocycles. The summed E-state index contributed by atoms with van der Waals surface area (Å²) in [5.74, 6) is -2.18. The fourth-order valence-corrected chi connectivity index (χ4v) is 4.68. The fraction of sp³-hybridized carbons (Fsp3) is 0.556. The van der Waals surface area contributed by atoms with Gasteiger partial charge in [-0.3, -0.25) is 9.59 Å². The summed E-state index contributed by atoms with van der Waals surface area (Å²) in [7, 11) is -3.16. The number of rotatable bonds is 5. The molecular weight excluding hydrogens is 342 g/mol. The quantitative estimate of drug-likeness (QED) is 0.829. The Kier molecular flexibility index (Phi) is 5.56. The number of nitrogens with one attached hydrogen (secondary N) is 1. The van der Waals surface area contributed by atoms with Crippen molar-refractivity contribution >= 4 is 21.7 Å². The van der Waals surface area contributed by atoms with Crippen LogP contribution in [-0.2, 0) is 24.8 Å². The van der Waals surface area contributed by atoms with Crippen LogP contribution in [0.2, 0.25) is 0 Å². The van der Waals surface area contributed by atoms with Gasteiger partial charge in [-0.25, -0.2) is 8.42 Å². The third-order valence-corrected chi connectivity index (χ3v) is 6.25. The predicted molar refractivity (Wildman–Crippen MR) is 95.0 cm³/mol. The van der Waals surface area contributed by atoms with Crippen LogP contribution in [0.4, 0.5) is 0 Å². The molecule has 25 heavy (non-hydrogen) atoms. The highest BCUT2D eigenvalue weighted by Gasteiger charge is 2.34. The van der Waals surface area contributed by atoms with Gasteiger partial charge in [0.2, 0.25) is 5.91 Å². The molecule has 0 saturated carbocycles. The van der Waals surface area contributed by atoms with Crippen LogP contribution in [0.1, 0.15) is 50.8 Å². The van der Waals surface area contributed by atoms with Crippen LogP contribution in [0.3, 0.4) is 0 Å². The topological polar surface area (TPSA) is 101 Å². The Bertz CT molecular complexity index is 747. The standard InChI is InChI=1S/C18H25NO5S/c1-18(2,3)14-6-4-12(5-7-14)15(10-16(20)21)19-17(22)13-8-9-25(23,24)11-13/h4-7,13,15H,8-11H2,1-3H3,(H,19,22)(H,20,21). The molecule has 1 heterocycles. The number of carbonyl (C=O) groups excluding carboxylic acids is 1. The molecule has 1 aromatic rings. The summed E-state index contributed by atoms with van der Waals surface area (Å²) >= 11 is 0. The number of carboxylic acid groups (broad SMARTS) is 1. The molecule has 0 aliphatic carbocycles. The molecule has 0 spiro atoms. The maximum Gasteiger partial charge on any atom is 0.305 e. The largest absolute Gasteiger partial charge is 0.481 e. The minimum absolute atomic E-state index is 0.00889. The number of hydrogen-bond donors (Lipinski definition) is 2. The van der Waals surface area contributed by atoms with Gasteiger partial charge in [0.15, 0.2) is 9.84 Å². The highest BCUT2D eigenvalue weighted by molar-refractivity contribution is 7.91. The first-order chi connectivity index (χ1) is 11.5. The van der Waals surface area contributed by atoms with Crippen molar-refractivity contribution in [1.82, 2.24) is 5.32 Å². The van der Waals surface area contributed by atoms with Crippen molar-refractivity contribution in [2.24, 2.45) is 5.92 Å². The third-order valence-electron chi connectivity index (χ3n) is 4.48. The average molecular weight is 367 g/mol. The maximum atomic E-state index is 12.4. The lowest BCUT2D eigenvalue weighted by Crippen LogP contribution is -2.35. The molecule has 1 aliphatic heterocycles. The molecule has 0 aromatic heterocycles. The Morgan fingerprint density at radius 3 is 2.28 bits per heavy atom. The molecule has 2 atom stereocenters. The summed E-state index contributed by atoms with van der Waals surface area (Å²) < 4.78 is 23.1. The van der Waals surface area contributed by atoms with Gasteiger partial charge in [-0.15, -0.1) is 0 Å². The number of aliphatic carboxylic acids is 1. The first kappa shape index (κ1) is 19.4. The third kappa shape index (κ3) is 5.29. The smallest absolute Gasteiger partial charge is 0.305 e. The lowest BCUT2D eigenvalue weighted by molar-refractivity contribution is -0.137. The summed E-state index contributed by atoms with van der Waals surface area (Å²) in [5.41, 5.74) is 1.78. The minimum atomic E-state index is -3.16. The molecule has 1 fully saturated rings. The number of hydrogen-bond acceptors (Lipinski definition) is 4. The Labute approximate surface area is 148 Å². The van der Waals surface area contributed by atoms with Gasteiger partial charge in [-0.05, 0) is 23.0 Å². The second kappa shape index (κ2) is 7.15. The number of sulfone groups is 1. The molecule has 1 aromatic carbocycles. The van der Waals surface area contributed by atoms with Crippen LogP contribution < -0.4 is 5.32 Å². The number of benzene rings is 1. The van der Waals surface area contributed by atoms with Crippen molar-refractivity contribution in [2.45, 2.75) is 45.1 Å². The first-order valence-corrected chi connectivity index (χ1v) is 10.1. The lowest BCUT2D eigenvalue weighted by atomic mass is 9.86. The Balaban J connectivity index is 2.16. The number of amides is 1. The molecule has 138 valence electrons. The van der Waals surface area contributed by atoms with Gasteiger partial charge in [-0.2, -0.15) is 0 Å². The number of carboxylic acids is 1. The number of carbonyl (C=O) groups is 2. The molecule has 7 heteroatoms. The van der Waals surface area contributed by atoms with Gasteiger partial charge in [0, 0.05) is 0 Å². The van der Waals surface area contributed by atoms with Crippen LogP contribution in [-0.4, -0.2) is 36.9 Å².